The summed E-state index contributed by atoms with van der Waals surface area (Å²) in [6, 6.07) is 8.38. The summed E-state index contributed by atoms with van der Waals surface area (Å²) in [4.78, 5) is 0. The van der Waals surface area contributed by atoms with Gasteiger partial charge < -0.3 is 5.73 Å². The molecule has 1 aromatic rings. The SMILES string of the molecule is N#Cc1cccc(CS(=O)(=O)NC2CCCCCC2N)c1. The maximum atomic E-state index is 12.3. The van der Waals surface area contributed by atoms with Crippen LogP contribution in [0.5, 0.6) is 0 Å². The van der Waals surface area contributed by atoms with Gasteiger partial charge in [-0.2, -0.15) is 5.26 Å². The summed E-state index contributed by atoms with van der Waals surface area (Å²) in [5.41, 5.74) is 7.14. The van der Waals surface area contributed by atoms with Crippen LogP contribution in [0.1, 0.15) is 43.2 Å². The Labute approximate surface area is 126 Å². The van der Waals surface area contributed by atoms with E-state index in [1.54, 1.807) is 24.3 Å². The second-order valence-corrected chi connectivity index (χ2v) is 7.35. The summed E-state index contributed by atoms with van der Waals surface area (Å²) in [6.07, 6.45) is 4.82. The van der Waals surface area contributed by atoms with E-state index in [1.807, 2.05) is 6.07 Å². The summed E-state index contributed by atoms with van der Waals surface area (Å²) in [5, 5.41) is 8.86. The lowest BCUT2D eigenvalue weighted by Crippen LogP contribution is -2.47. The highest BCUT2D eigenvalue weighted by molar-refractivity contribution is 7.88. The van der Waals surface area contributed by atoms with Gasteiger partial charge in [0.1, 0.15) is 0 Å². The van der Waals surface area contributed by atoms with Crippen molar-refractivity contribution in [1.29, 1.82) is 5.26 Å². The molecule has 114 valence electrons. The van der Waals surface area contributed by atoms with Crippen molar-refractivity contribution in [2.75, 3.05) is 0 Å². The van der Waals surface area contributed by atoms with E-state index >= 15 is 0 Å². The van der Waals surface area contributed by atoms with Gasteiger partial charge in [0, 0.05) is 12.1 Å². The smallest absolute Gasteiger partial charge is 0.216 e. The van der Waals surface area contributed by atoms with Crippen LogP contribution < -0.4 is 10.5 Å². The maximum absolute atomic E-state index is 12.3. The van der Waals surface area contributed by atoms with E-state index < -0.39 is 10.0 Å². The van der Waals surface area contributed by atoms with Crippen molar-refractivity contribution in [2.24, 2.45) is 5.73 Å². The largest absolute Gasteiger partial charge is 0.326 e. The average molecular weight is 307 g/mol. The molecule has 2 unspecified atom stereocenters. The van der Waals surface area contributed by atoms with Crippen LogP contribution >= 0.6 is 0 Å². The zero-order chi connectivity index (χ0) is 15.3. The van der Waals surface area contributed by atoms with Crippen molar-refractivity contribution in [3.05, 3.63) is 35.4 Å². The Kier molecular flexibility index (Phi) is 5.34. The summed E-state index contributed by atoms with van der Waals surface area (Å²) in [7, 11) is -3.45. The van der Waals surface area contributed by atoms with E-state index in [4.69, 9.17) is 11.0 Å². The highest BCUT2D eigenvalue weighted by Gasteiger charge is 2.25. The Morgan fingerprint density at radius 3 is 2.81 bits per heavy atom. The number of nitriles is 1. The first-order valence-electron chi connectivity index (χ1n) is 7.25. The van der Waals surface area contributed by atoms with Gasteiger partial charge in [0.2, 0.25) is 10.0 Å². The molecule has 0 heterocycles. The summed E-state index contributed by atoms with van der Waals surface area (Å²) >= 11 is 0. The first-order chi connectivity index (χ1) is 10.00. The third-order valence-electron chi connectivity index (χ3n) is 3.81. The fraction of sp³-hybridized carbons (Fsp3) is 0.533. The summed E-state index contributed by atoms with van der Waals surface area (Å²) < 4.78 is 27.3. The normalized spacial score (nSPS) is 23.2. The molecule has 2 rings (SSSR count). The number of hydrogen-bond donors (Lipinski definition) is 2. The van der Waals surface area contributed by atoms with Crippen molar-refractivity contribution in [3.63, 3.8) is 0 Å². The van der Waals surface area contributed by atoms with Crippen molar-refractivity contribution >= 4 is 10.0 Å². The van der Waals surface area contributed by atoms with Gasteiger partial charge in [-0.25, -0.2) is 13.1 Å². The van der Waals surface area contributed by atoms with Gasteiger partial charge in [-0.05, 0) is 30.5 Å². The molecule has 21 heavy (non-hydrogen) atoms. The van der Waals surface area contributed by atoms with E-state index in [0.717, 1.165) is 32.1 Å². The van der Waals surface area contributed by atoms with Crippen LogP contribution in [0.25, 0.3) is 0 Å². The minimum atomic E-state index is -3.45. The van der Waals surface area contributed by atoms with Crippen LogP contribution in [0.2, 0.25) is 0 Å². The van der Waals surface area contributed by atoms with Gasteiger partial charge in [-0.1, -0.05) is 31.4 Å². The third-order valence-corrected chi connectivity index (χ3v) is 5.19. The highest BCUT2D eigenvalue weighted by atomic mass is 32.2. The first-order valence-corrected chi connectivity index (χ1v) is 8.90. The Balaban J connectivity index is 2.05. The van der Waals surface area contributed by atoms with Crippen molar-refractivity contribution in [3.8, 4) is 6.07 Å². The summed E-state index contributed by atoms with van der Waals surface area (Å²) in [6.45, 7) is 0. The van der Waals surface area contributed by atoms with Crippen LogP contribution in [-0.4, -0.2) is 20.5 Å². The Morgan fingerprint density at radius 1 is 1.29 bits per heavy atom. The molecule has 3 N–H and O–H groups in total. The van der Waals surface area contributed by atoms with Crippen LogP contribution in [0.3, 0.4) is 0 Å². The van der Waals surface area contributed by atoms with E-state index in [1.165, 1.54) is 0 Å². The molecule has 5 nitrogen and oxygen atoms in total. The van der Waals surface area contributed by atoms with E-state index in [2.05, 4.69) is 4.72 Å². The van der Waals surface area contributed by atoms with E-state index in [-0.39, 0.29) is 17.8 Å². The van der Waals surface area contributed by atoms with E-state index in [0.29, 0.717) is 11.1 Å². The molecule has 0 saturated heterocycles. The second kappa shape index (κ2) is 7.03. The van der Waals surface area contributed by atoms with Crippen molar-refractivity contribution in [2.45, 2.75) is 49.9 Å². The molecule has 1 aromatic carbocycles. The number of hydrogen-bond acceptors (Lipinski definition) is 4. The Hall–Kier alpha value is -1.42. The van der Waals surface area contributed by atoms with Crippen LogP contribution in [-0.2, 0) is 15.8 Å². The molecular formula is C15H21N3O2S. The number of rotatable bonds is 4. The van der Waals surface area contributed by atoms with Crippen LogP contribution in [0.15, 0.2) is 24.3 Å². The Morgan fingerprint density at radius 2 is 2.05 bits per heavy atom. The molecule has 1 fully saturated rings. The first kappa shape index (κ1) is 16.0. The fourth-order valence-electron chi connectivity index (χ4n) is 2.71. The van der Waals surface area contributed by atoms with Crippen LogP contribution in [0.4, 0.5) is 0 Å². The number of nitrogens with zero attached hydrogens (tertiary/aromatic N) is 1. The standard InChI is InChI=1S/C15H21N3O2S/c16-10-12-5-4-6-13(9-12)11-21(19,20)18-15-8-3-1-2-7-14(15)17/h4-6,9,14-15,18H,1-3,7-8,11,17H2. The number of benzene rings is 1. The van der Waals surface area contributed by atoms with Gasteiger partial charge >= 0.3 is 0 Å². The van der Waals surface area contributed by atoms with E-state index in [9.17, 15) is 8.42 Å². The third kappa shape index (κ3) is 4.81. The molecule has 1 saturated carbocycles. The topological polar surface area (TPSA) is 96.0 Å². The maximum Gasteiger partial charge on any atom is 0.216 e. The Bertz CT molecular complexity index is 622. The molecule has 0 aliphatic heterocycles. The second-order valence-electron chi connectivity index (χ2n) is 5.60. The average Bonchev–Trinajstić information content (AvgIpc) is 2.63. The van der Waals surface area contributed by atoms with Gasteiger partial charge in [0.25, 0.3) is 0 Å². The highest BCUT2D eigenvalue weighted by Crippen LogP contribution is 2.18. The lowest BCUT2D eigenvalue weighted by molar-refractivity contribution is 0.456. The molecule has 0 radical (unpaired) electrons. The van der Waals surface area contributed by atoms with Crippen LogP contribution in [0, 0.1) is 11.3 Å². The summed E-state index contributed by atoms with van der Waals surface area (Å²) in [5.74, 6) is -0.119. The fourth-order valence-corrected chi connectivity index (χ4v) is 4.16. The zero-order valence-corrected chi connectivity index (χ0v) is 12.8. The molecule has 0 amide bonds. The molecule has 2 atom stereocenters. The van der Waals surface area contributed by atoms with Gasteiger partial charge in [0.15, 0.2) is 0 Å². The van der Waals surface area contributed by atoms with Crippen molar-refractivity contribution in [1.82, 2.24) is 4.72 Å². The molecular weight excluding hydrogens is 286 g/mol. The predicted molar refractivity (Wildman–Crippen MR) is 81.8 cm³/mol. The molecule has 6 heteroatoms. The van der Waals surface area contributed by atoms with Gasteiger partial charge in [-0.3, -0.25) is 0 Å². The lowest BCUT2D eigenvalue weighted by Gasteiger charge is -2.22. The minimum absolute atomic E-state index is 0.118. The minimum Gasteiger partial charge on any atom is -0.326 e. The predicted octanol–water partition coefficient (Wildman–Crippen LogP) is 1.64. The van der Waals surface area contributed by atoms with Gasteiger partial charge in [0.05, 0.1) is 17.4 Å². The zero-order valence-electron chi connectivity index (χ0n) is 12.0. The molecule has 0 bridgehead atoms. The van der Waals surface area contributed by atoms with Crippen molar-refractivity contribution < 1.29 is 8.42 Å². The number of nitrogens with one attached hydrogen (secondary N) is 1. The molecule has 1 aliphatic carbocycles. The van der Waals surface area contributed by atoms with Gasteiger partial charge in [-0.15, -0.1) is 0 Å². The lowest BCUT2D eigenvalue weighted by atomic mass is 10.1. The molecule has 0 aromatic heterocycles. The molecule has 1 aliphatic rings. The number of nitrogens with two attached hydrogens (primary N) is 1. The molecule has 0 spiro atoms. The number of sulfonamides is 1. The monoisotopic (exact) mass is 307 g/mol. The quantitative estimate of drug-likeness (QED) is 0.826.